The van der Waals surface area contributed by atoms with Crippen molar-refractivity contribution in [1.82, 2.24) is 20.7 Å². The topological polar surface area (TPSA) is 152 Å². The molecule has 198 valence electrons. The van der Waals surface area contributed by atoms with Gasteiger partial charge in [0.1, 0.15) is 12.2 Å². The molecule has 2 aromatic rings. The minimum atomic E-state index is -4.07. The maximum absolute atomic E-state index is 12.9. The lowest BCUT2D eigenvalue weighted by molar-refractivity contribution is -0.138. The van der Waals surface area contributed by atoms with Crippen LogP contribution in [-0.4, -0.2) is 69.7 Å². The fraction of sp³-hybridized carbons (Fsp3) is 0.400. The molecule has 2 heterocycles. The number of aliphatic imine (C=N–C) groups is 1. The number of amides is 1. The average Bonchev–Trinajstić information content (AvgIpc) is 2.92. The van der Waals surface area contributed by atoms with E-state index in [2.05, 4.69) is 30.6 Å². The van der Waals surface area contributed by atoms with Gasteiger partial charge in [0.05, 0.1) is 4.90 Å². The van der Waals surface area contributed by atoms with Crippen LogP contribution in [0.25, 0.3) is 0 Å². The lowest BCUT2D eigenvalue weighted by Gasteiger charge is -2.39. The maximum atomic E-state index is 12.9. The smallest absolute Gasteiger partial charge is 0.323 e. The van der Waals surface area contributed by atoms with Crippen molar-refractivity contribution >= 4 is 33.5 Å². The van der Waals surface area contributed by atoms with E-state index in [0.717, 1.165) is 57.0 Å². The van der Waals surface area contributed by atoms with E-state index in [4.69, 9.17) is 0 Å². The Bertz CT molecular complexity index is 1240. The van der Waals surface area contributed by atoms with Crippen LogP contribution in [0.2, 0.25) is 0 Å². The molecule has 1 saturated heterocycles. The first-order valence-corrected chi connectivity index (χ1v) is 13.8. The number of carbonyl (C=O) groups excluding carboxylic acids is 1. The molecule has 0 spiro atoms. The molecule has 0 radical (unpaired) electrons. The fourth-order valence-electron chi connectivity index (χ4n) is 4.33. The molecule has 0 saturated carbocycles. The van der Waals surface area contributed by atoms with E-state index < -0.39 is 34.5 Å². The number of anilines is 1. The van der Waals surface area contributed by atoms with Crippen molar-refractivity contribution in [2.75, 3.05) is 31.1 Å². The number of aliphatic carboxylic acids is 1. The third-order valence-electron chi connectivity index (χ3n) is 6.26. The Hall–Kier alpha value is -3.64. The number of piperidine rings is 1. The predicted octanol–water partition coefficient (Wildman–Crippen LogP) is 1.10. The highest BCUT2D eigenvalue weighted by molar-refractivity contribution is 7.89. The summed E-state index contributed by atoms with van der Waals surface area (Å²) in [6, 6.07) is 13.1. The summed E-state index contributed by atoms with van der Waals surface area (Å²) >= 11 is 0. The number of rotatable bonds is 9. The molecule has 4 rings (SSSR count). The number of nitrogens with one attached hydrogen (secondary N) is 4. The van der Waals surface area contributed by atoms with Gasteiger partial charge in [-0.05, 0) is 56.0 Å². The molecule has 0 aromatic heterocycles. The maximum Gasteiger partial charge on any atom is 0.323 e. The monoisotopic (exact) mass is 528 g/mol. The molecular weight excluding hydrogens is 496 g/mol. The molecule has 2 aliphatic heterocycles. The van der Waals surface area contributed by atoms with Gasteiger partial charge in [0.25, 0.3) is 5.91 Å². The van der Waals surface area contributed by atoms with E-state index in [0.29, 0.717) is 5.56 Å². The van der Waals surface area contributed by atoms with E-state index in [1.807, 2.05) is 6.07 Å². The summed E-state index contributed by atoms with van der Waals surface area (Å²) in [5.74, 6) is -1.10. The van der Waals surface area contributed by atoms with Gasteiger partial charge in [0.15, 0.2) is 5.96 Å². The molecular formula is C25H32N6O5S. The molecule has 12 heteroatoms. The molecule has 5 N–H and O–H groups in total. The fourth-order valence-corrected chi connectivity index (χ4v) is 5.54. The van der Waals surface area contributed by atoms with Crippen LogP contribution >= 0.6 is 0 Å². The number of carbonyl (C=O) groups is 2. The first-order chi connectivity index (χ1) is 17.8. The highest BCUT2D eigenvalue weighted by Gasteiger charge is 2.27. The van der Waals surface area contributed by atoms with Crippen molar-refractivity contribution in [2.24, 2.45) is 4.99 Å². The zero-order valence-corrected chi connectivity index (χ0v) is 21.2. The van der Waals surface area contributed by atoms with Crippen molar-refractivity contribution < 1.29 is 23.1 Å². The minimum absolute atomic E-state index is 0.0280. The number of nitrogens with zero attached hydrogens (tertiary/aromatic N) is 2. The molecule has 2 atom stereocenters. The van der Waals surface area contributed by atoms with E-state index in [1.165, 1.54) is 12.1 Å². The zero-order valence-electron chi connectivity index (χ0n) is 20.4. The van der Waals surface area contributed by atoms with E-state index in [-0.39, 0.29) is 11.1 Å². The standard InChI is InChI=1S/C25H32N6O5S/c32-23(28-17-21(24(33)34)30-37(35,36)20-10-2-1-3-11-20)18-8-6-9-19(16-18)31-15-5-4-12-22(31)29-25-26-13-7-14-27-25/h1-3,6,8-11,16,21-22,30H,4-5,7,12-15,17H2,(H,28,32)(H,33,34)(H2,26,27,29)/t21-,22?/m0/s1. The number of benzene rings is 2. The molecule has 1 fully saturated rings. The molecule has 0 bridgehead atoms. The van der Waals surface area contributed by atoms with Crippen LogP contribution in [0.1, 0.15) is 36.0 Å². The van der Waals surface area contributed by atoms with Crippen LogP contribution in [0.3, 0.4) is 0 Å². The second-order valence-corrected chi connectivity index (χ2v) is 10.7. The zero-order chi connectivity index (χ0) is 26.3. The van der Waals surface area contributed by atoms with Crippen molar-refractivity contribution in [1.29, 1.82) is 0 Å². The number of hydrogen-bond donors (Lipinski definition) is 5. The van der Waals surface area contributed by atoms with Crippen LogP contribution in [0.15, 0.2) is 64.5 Å². The molecule has 37 heavy (non-hydrogen) atoms. The van der Waals surface area contributed by atoms with E-state index >= 15 is 0 Å². The molecule has 0 aliphatic carbocycles. The minimum Gasteiger partial charge on any atom is -0.480 e. The second kappa shape index (κ2) is 12.1. The first kappa shape index (κ1) is 26.4. The predicted molar refractivity (Wildman–Crippen MR) is 140 cm³/mol. The van der Waals surface area contributed by atoms with Gasteiger partial charge in [-0.2, -0.15) is 4.72 Å². The van der Waals surface area contributed by atoms with Gasteiger partial charge in [0, 0.05) is 37.4 Å². The van der Waals surface area contributed by atoms with Gasteiger partial charge in [-0.1, -0.05) is 24.3 Å². The first-order valence-electron chi connectivity index (χ1n) is 12.3. The summed E-state index contributed by atoms with van der Waals surface area (Å²) in [7, 11) is -4.07. The Labute approximate surface area is 216 Å². The van der Waals surface area contributed by atoms with Gasteiger partial charge >= 0.3 is 5.97 Å². The summed E-state index contributed by atoms with van der Waals surface area (Å²) in [4.78, 5) is 31.3. The number of sulfonamides is 1. The lowest BCUT2D eigenvalue weighted by atomic mass is 10.1. The van der Waals surface area contributed by atoms with Crippen LogP contribution in [0.4, 0.5) is 5.69 Å². The van der Waals surface area contributed by atoms with E-state index in [9.17, 15) is 23.1 Å². The SMILES string of the molecule is O=C(NC[C@H](NS(=O)(=O)c1ccccc1)C(=O)O)c1cccc(N2CCCCC2NC2=NCCCN2)c1. The Kier molecular flexibility index (Phi) is 8.62. The highest BCUT2D eigenvalue weighted by Crippen LogP contribution is 2.24. The lowest BCUT2D eigenvalue weighted by Crippen LogP contribution is -2.55. The summed E-state index contributed by atoms with van der Waals surface area (Å²) in [5.41, 5.74) is 1.21. The van der Waals surface area contributed by atoms with Crippen LogP contribution in [0, 0.1) is 0 Å². The van der Waals surface area contributed by atoms with Gasteiger partial charge in [-0.15, -0.1) is 0 Å². The van der Waals surface area contributed by atoms with Crippen molar-refractivity contribution in [3.05, 3.63) is 60.2 Å². The van der Waals surface area contributed by atoms with Gasteiger partial charge < -0.3 is 26.0 Å². The number of guanidine groups is 1. The number of carboxylic acid groups (broad SMARTS) is 1. The highest BCUT2D eigenvalue weighted by atomic mass is 32.2. The quantitative estimate of drug-likeness (QED) is 0.325. The Balaban J connectivity index is 1.42. The van der Waals surface area contributed by atoms with Crippen molar-refractivity contribution in [2.45, 2.75) is 42.8 Å². The third kappa shape index (κ3) is 6.98. The Morgan fingerprint density at radius 1 is 1.11 bits per heavy atom. The van der Waals surface area contributed by atoms with Crippen LogP contribution in [-0.2, 0) is 14.8 Å². The molecule has 2 aliphatic rings. The van der Waals surface area contributed by atoms with Crippen molar-refractivity contribution in [3.8, 4) is 0 Å². The summed E-state index contributed by atoms with van der Waals surface area (Å²) in [6.07, 6.45) is 4.07. The van der Waals surface area contributed by atoms with Crippen LogP contribution < -0.4 is 25.6 Å². The molecule has 1 unspecified atom stereocenters. The molecule has 2 aromatic carbocycles. The summed E-state index contributed by atoms with van der Waals surface area (Å²) in [6.45, 7) is 2.08. The van der Waals surface area contributed by atoms with Crippen molar-refractivity contribution in [3.63, 3.8) is 0 Å². The summed E-state index contributed by atoms with van der Waals surface area (Å²) < 4.78 is 27.2. The van der Waals surface area contributed by atoms with Gasteiger partial charge in [0.2, 0.25) is 10.0 Å². The molecule has 1 amide bonds. The van der Waals surface area contributed by atoms with Crippen LogP contribution in [0.5, 0.6) is 0 Å². The molecule has 11 nitrogen and oxygen atoms in total. The van der Waals surface area contributed by atoms with Gasteiger partial charge in [-0.25, -0.2) is 8.42 Å². The Morgan fingerprint density at radius 3 is 2.65 bits per heavy atom. The second-order valence-electron chi connectivity index (χ2n) is 8.95. The number of hydrogen-bond acceptors (Lipinski definition) is 8. The normalized spacial score (nSPS) is 18.8. The Morgan fingerprint density at radius 2 is 1.92 bits per heavy atom. The number of carboxylic acids is 1. The van der Waals surface area contributed by atoms with Gasteiger partial charge in [-0.3, -0.25) is 14.6 Å². The largest absolute Gasteiger partial charge is 0.480 e. The third-order valence-corrected chi connectivity index (χ3v) is 7.75. The van der Waals surface area contributed by atoms with E-state index in [1.54, 1.807) is 36.4 Å². The summed E-state index contributed by atoms with van der Waals surface area (Å²) in [5, 5.41) is 18.8. The average molecular weight is 529 g/mol.